The lowest BCUT2D eigenvalue weighted by Crippen LogP contribution is -2.25. The van der Waals surface area contributed by atoms with Crippen LogP contribution in [0, 0.1) is 0 Å². The second kappa shape index (κ2) is 14.8. The highest BCUT2D eigenvalue weighted by Gasteiger charge is 2.07. The van der Waals surface area contributed by atoms with Crippen molar-refractivity contribution in [1.29, 1.82) is 0 Å². The molecule has 0 N–H and O–H groups in total. The highest BCUT2D eigenvalue weighted by molar-refractivity contribution is 4.97. The maximum Gasteiger partial charge on any atom is 0.117 e. The minimum Gasteiger partial charge on any atom is -0.468 e. The zero-order valence-corrected chi connectivity index (χ0v) is 15.7. The number of hydrogen-bond donors (Lipinski definition) is 0. The smallest absolute Gasteiger partial charge is 0.117 e. The van der Waals surface area contributed by atoms with E-state index in [0.29, 0.717) is 0 Å². The Morgan fingerprint density at radius 2 is 1.26 bits per heavy atom. The van der Waals surface area contributed by atoms with Gasteiger partial charge >= 0.3 is 0 Å². The van der Waals surface area contributed by atoms with E-state index in [9.17, 15) is 0 Å². The summed E-state index contributed by atoms with van der Waals surface area (Å²) in [7, 11) is 0. The molecule has 0 unspecified atom stereocenters. The van der Waals surface area contributed by atoms with Gasteiger partial charge in [0.25, 0.3) is 0 Å². The fourth-order valence-electron chi connectivity index (χ4n) is 3.12. The summed E-state index contributed by atoms with van der Waals surface area (Å²) in [5.74, 6) is 1.11. The summed E-state index contributed by atoms with van der Waals surface area (Å²) >= 11 is 0. The number of rotatable bonds is 16. The minimum absolute atomic E-state index is 0.983. The average Bonchev–Trinajstić information content (AvgIpc) is 3.06. The molecule has 0 bridgehead atoms. The molecule has 0 saturated carbocycles. The zero-order chi connectivity index (χ0) is 16.6. The van der Waals surface area contributed by atoms with E-state index in [1.165, 1.54) is 90.1 Å². The maximum atomic E-state index is 5.54. The van der Waals surface area contributed by atoms with E-state index >= 15 is 0 Å². The van der Waals surface area contributed by atoms with Gasteiger partial charge in [-0.05, 0) is 38.1 Å². The van der Waals surface area contributed by atoms with Crippen LogP contribution >= 0.6 is 0 Å². The van der Waals surface area contributed by atoms with Crippen LogP contribution in [0.2, 0.25) is 0 Å². The number of nitrogens with zero attached hydrogens (tertiary/aromatic N) is 1. The topological polar surface area (TPSA) is 16.4 Å². The van der Waals surface area contributed by atoms with E-state index in [2.05, 4.69) is 24.8 Å². The van der Waals surface area contributed by atoms with Crippen LogP contribution in [-0.2, 0) is 6.54 Å². The monoisotopic (exact) mass is 321 g/mol. The molecular formula is C21H39NO. The van der Waals surface area contributed by atoms with Crippen molar-refractivity contribution in [1.82, 2.24) is 4.90 Å². The molecule has 1 aromatic rings. The Balaban J connectivity index is 2.17. The minimum atomic E-state index is 0.983. The van der Waals surface area contributed by atoms with Gasteiger partial charge in [0.05, 0.1) is 12.8 Å². The van der Waals surface area contributed by atoms with Crippen LogP contribution in [0.4, 0.5) is 0 Å². The SMILES string of the molecule is CCCCCCCCN(CCCCCCCC)Cc1ccco1. The first-order chi connectivity index (χ1) is 11.4. The van der Waals surface area contributed by atoms with Crippen molar-refractivity contribution in [2.45, 2.75) is 97.4 Å². The third kappa shape index (κ3) is 11.4. The molecular weight excluding hydrogens is 282 g/mol. The molecule has 1 rings (SSSR count). The number of unbranched alkanes of at least 4 members (excludes halogenated alkanes) is 10. The fourth-order valence-corrected chi connectivity index (χ4v) is 3.12. The molecule has 0 aromatic carbocycles. The third-order valence-corrected chi connectivity index (χ3v) is 4.62. The van der Waals surface area contributed by atoms with Gasteiger partial charge in [0.2, 0.25) is 0 Å². The van der Waals surface area contributed by atoms with Crippen LogP contribution in [0.1, 0.15) is 96.7 Å². The summed E-state index contributed by atoms with van der Waals surface area (Å²) in [5.41, 5.74) is 0. The van der Waals surface area contributed by atoms with Gasteiger partial charge in [0, 0.05) is 0 Å². The molecule has 0 amide bonds. The first-order valence-electron chi connectivity index (χ1n) is 10.1. The Hall–Kier alpha value is -0.760. The van der Waals surface area contributed by atoms with Crippen molar-refractivity contribution < 1.29 is 4.42 Å². The zero-order valence-electron chi connectivity index (χ0n) is 15.7. The molecule has 2 nitrogen and oxygen atoms in total. The van der Waals surface area contributed by atoms with Gasteiger partial charge in [0.15, 0.2) is 0 Å². The lowest BCUT2D eigenvalue weighted by atomic mass is 10.1. The highest BCUT2D eigenvalue weighted by atomic mass is 16.3. The molecule has 0 radical (unpaired) electrons. The van der Waals surface area contributed by atoms with Crippen molar-refractivity contribution in [3.63, 3.8) is 0 Å². The van der Waals surface area contributed by atoms with Crippen LogP contribution < -0.4 is 0 Å². The van der Waals surface area contributed by atoms with Crippen LogP contribution in [0.25, 0.3) is 0 Å². The van der Waals surface area contributed by atoms with E-state index in [4.69, 9.17) is 4.42 Å². The lowest BCUT2D eigenvalue weighted by molar-refractivity contribution is 0.233. The molecule has 0 aliphatic heterocycles. The average molecular weight is 322 g/mol. The Morgan fingerprint density at radius 1 is 0.739 bits per heavy atom. The number of furan rings is 1. The predicted molar refractivity (Wildman–Crippen MR) is 101 cm³/mol. The molecule has 0 saturated heterocycles. The lowest BCUT2D eigenvalue weighted by Gasteiger charge is -2.21. The Labute approximate surface area is 144 Å². The molecule has 0 fully saturated rings. The van der Waals surface area contributed by atoms with Gasteiger partial charge in [-0.25, -0.2) is 0 Å². The quantitative estimate of drug-likeness (QED) is 0.311. The molecule has 1 heterocycles. The fraction of sp³-hybridized carbons (Fsp3) is 0.810. The van der Waals surface area contributed by atoms with Crippen molar-refractivity contribution in [2.75, 3.05) is 13.1 Å². The molecule has 0 spiro atoms. The number of hydrogen-bond acceptors (Lipinski definition) is 2. The molecule has 0 aliphatic rings. The van der Waals surface area contributed by atoms with E-state index in [1.807, 2.05) is 6.07 Å². The second-order valence-electron chi connectivity index (χ2n) is 6.89. The van der Waals surface area contributed by atoms with Gasteiger partial charge < -0.3 is 4.42 Å². The predicted octanol–water partition coefficient (Wildman–Crippen LogP) is 6.80. The largest absolute Gasteiger partial charge is 0.468 e. The molecule has 134 valence electrons. The molecule has 0 aliphatic carbocycles. The van der Waals surface area contributed by atoms with Crippen molar-refractivity contribution in [2.24, 2.45) is 0 Å². The third-order valence-electron chi connectivity index (χ3n) is 4.62. The van der Waals surface area contributed by atoms with Crippen molar-refractivity contribution in [3.8, 4) is 0 Å². The Morgan fingerprint density at radius 3 is 1.74 bits per heavy atom. The standard InChI is InChI=1S/C21H39NO/c1-3-5-7-9-11-13-17-22(20-21-16-15-19-23-21)18-14-12-10-8-6-4-2/h15-16,19H,3-14,17-18,20H2,1-2H3. The summed E-state index contributed by atoms with van der Waals surface area (Å²) in [6.07, 6.45) is 18.3. The van der Waals surface area contributed by atoms with Gasteiger partial charge in [-0.2, -0.15) is 0 Å². The van der Waals surface area contributed by atoms with Gasteiger partial charge in [-0.3, -0.25) is 4.90 Å². The summed E-state index contributed by atoms with van der Waals surface area (Å²) in [5, 5.41) is 0. The molecule has 23 heavy (non-hydrogen) atoms. The maximum absolute atomic E-state index is 5.54. The van der Waals surface area contributed by atoms with E-state index in [1.54, 1.807) is 6.26 Å². The molecule has 0 atom stereocenters. The van der Waals surface area contributed by atoms with Crippen molar-refractivity contribution >= 4 is 0 Å². The summed E-state index contributed by atoms with van der Waals surface area (Å²) in [4.78, 5) is 2.60. The Bertz CT molecular complexity index is 318. The summed E-state index contributed by atoms with van der Waals surface area (Å²) in [6, 6.07) is 4.11. The van der Waals surface area contributed by atoms with E-state index in [0.717, 1.165) is 12.3 Å². The normalized spacial score (nSPS) is 11.4. The first kappa shape index (κ1) is 20.3. The van der Waals surface area contributed by atoms with E-state index < -0.39 is 0 Å². The van der Waals surface area contributed by atoms with Gasteiger partial charge in [-0.15, -0.1) is 0 Å². The van der Waals surface area contributed by atoms with Gasteiger partial charge in [0.1, 0.15) is 5.76 Å². The van der Waals surface area contributed by atoms with Crippen LogP contribution in [0.15, 0.2) is 22.8 Å². The Kier molecular flexibility index (Phi) is 13.1. The van der Waals surface area contributed by atoms with E-state index in [-0.39, 0.29) is 0 Å². The molecule has 2 heteroatoms. The second-order valence-corrected chi connectivity index (χ2v) is 6.89. The van der Waals surface area contributed by atoms with Crippen LogP contribution in [0.5, 0.6) is 0 Å². The van der Waals surface area contributed by atoms with Crippen LogP contribution in [-0.4, -0.2) is 18.0 Å². The van der Waals surface area contributed by atoms with Crippen molar-refractivity contribution in [3.05, 3.63) is 24.2 Å². The highest BCUT2D eigenvalue weighted by Crippen LogP contribution is 2.12. The summed E-state index contributed by atoms with van der Waals surface area (Å²) < 4.78 is 5.54. The van der Waals surface area contributed by atoms with Crippen LogP contribution in [0.3, 0.4) is 0 Å². The summed E-state index contributed by atoms with van der Waals surface area (Å²) in [6.45, 7) is 8.00. The first-order valence-corrected chi connectivity index (χ1v) is 10.1. The molecule has 1 aromatic heterocycles. The van der Waals surface area contributed by atoms with Gasteiger partial charge in [-0.1, -0.05) is 78.1 Å².